The van der Waals surface area contributed by atoms with Crippen molar-refractivity contribution in [2.24, 2.45) is 4.99 Å². The average Bonchev–Trinajstić information content (AvgIpc) is 2.69. The van der Waals surface area contributed by atoms with Crippen molar-refractivity contribution >= 4 is 11.6 Å². The smallest absolute Gasteiger partial charge is 0.383 e. The number of nitrogens with one attached hydrogen (secondary N) is 2. The maximum absolute atomic E-state index is 12.9. The molecule has 0 bridgehead atoms. The number of methoxy groups -OCH3 is 1. The molecule has 0 aromatic heterocycles. The van der Waals surface area contributed by atoms with Gasteiger partial charge in [0, 0.05) is 59.1 Å². The third-order valence-corrected chi connectivity index (χ3v) is 4.89. The van der Waals surface area contributed by atoms with E-state index in [0.717, 1.165) is 17.8 Å². The van der Waals surface area contributed by atoms with E-state index in [2.05, 4.69) is 15.6 Å². The molecule has 1 aliphatic heterocycles. The molecule has 0 radical (unpaired) electrons. The van der Waals surface area contributed by atoms with Crippen LogP contribution in [-0.2, 0) is 11.3 Å². The first-order valence-electron chi connectivity index (χ1n) is 9.43. The topological polar surface area (TPSA) is 52.1 Å². The Morgan fingerprint density at radius 1 is 1.18 bits per heavy atom. The van der Waals surface area contributed by atoms with E-state index in [4.69, 9.17) is 4.74 Å². The van der Waals surface area contributed by atoms with Gasteiger partial charge in [0.2, 0.25) is 0 Å². The molecule has 1 unspecified atom stereocenters. The summed E-state index contributed by atoms with van der Waals surface area (Å²) in [6.45, 7) is 4.98. The molecule has 28 heavy (non-hydrogen) atoms. The van der Waals surface area contributed by atoms with Crippen LogP contribution in [-0.4, -0.2) is 81.5 Å². The Bertz CT molecular complexity index is 613. The Kier molecular flexibility index (Phi) is 8.37. The number of hydrogen-bond acceptors (Lipinski definition) is 4. The van der Waals surface area contributed by atoms with Crippen molar-refractivity contribution in [2.45, 2.75) is 25.7 Å². The van der Waals surface area contributed by atoms with Crippen LogP contribution >= 0.6 is 0 Å². The number of ether oxygens (including phenoxy) is 1. The minimum absolute atomic E-state index is 0.364. The van der Waals surface area contributed by atoms with Gasteiger partial charge in [0.05, 0.1) is 6.61 Å². The number of guanidine groups is 1. The number of halogens is 3. The highest BCUT2D eigenvalue weighted by molar-refractivity contribution is 5.80. The number of alkyl halides is 3. The molecular weight excluding hydrogens is 371 g/mol. The van der Waals surface area contributed by atoms with Crippen molar-refractivity contribution in [1.29, 1.82) is 0 Å². The first-order chi connectivity index (χ1) is 13.3. The van der Waals surface area contributed by atoms with Crippen LogP contribution in [0.15, 0.2) is 29.3 Å². The Morgan fingerprint density at radius 3 is 2.36 bits per heavy atom. The number of aliphatic imine (C=N–C) groups is 1. The van der Waals surface area contributed by atoms with Gasteiger partial charge in [-0.15, -0.1) is 0 Å². The van der Waals surface area contributed by atoms with Gasteiger partial charge in [-0.3, -0.25) is 9.89 Å². The second kappa shape index (κ2) is 10.5. The summed E-state index contributed by atoms with van der Waals surface area (Å²) in [5, 5.41) is 6.56. The number of rotatable bonds is 7. The minimum atomic E-state index is -4.19. The lowest BCUT2D eigenvalue weighted by Gasteiger charge is -2.39. The molecular formula is C19H30F3N5O. The first kappa shape index (κ1) is 22.3. The third-order valence-electron chi connectivity index (χ3n) is 4.89. The van der Waals surface area contributed by atoms with E-state index in [1.54, 1.807) is 14.2 Å². The molecule has 1 saturated heterocycles. The van der Waals surface area contributed by atoms with E-state index in [0.29, 0.717) is 45.3 Å². The molecule has 1 fully saturated rings. The van der Waals surface area contributed by atoms with Gasteiger partial charge >= 0.3 is 6.18 Å². The van der Waals surface area contributed by atoms with E-state index < -0.39 is 12.2 Å². The molecule has 1 atom stereocenters. The van der Waals surface area contributed by atoms with Gasteiger partial charge in [0.25, 0.3) is 0 Å². The lowest BCUT2D eigenvalue weighted by atomic mass is 10.2. The van der Waals surface area contributed by atoms with Crippen LogP contribution in [0.2, 0.25) is 0 Å². The summed E-state index contributed by atoms with van der Waals surface area (Å²) in [5.41, 5.74) is 2.13. The van der Waals surface area contributed by atoms with E-state index in [9.17, 15) is 13.2 Å². The van der Waals surface area contributed by atoms with Gasteiger partial charge in [0.15, 0.2) is 5.96 Å². The monoisotopic (exact) mass is 401 g/mol. The van der Waals surface area contributed by atoms with Crippen molar-refractivity contribution in [3.05, 3.63) is 29.8 Å². The van der Waals surface area contributed by atoms with Crippen LogP contribution in [0.25, 0.3) is 0 Å². The lowest BCUT2D eigenvalue weighted by Crippen LogP contribution is -2.56. The molecule has 0 amide bonds. The minimum Gasteiger partial charge on any atom is -0.383 e. The fourth-order valence-corrected chi connectivity index (χ4v) is 3.08. The van der Waals surface area contributed by atoms with Gasteiger partial charge < -0.3 is 20.3 Å². The van der Waals surface area contributed by atoms with Crippen LogP contribution in [0.5, 0.6) is 0 Å². The van der Waals surface area contributed by atoms with Crippen LogP contribution in [0.4, 0.5) is 18.9 Å². The summed E-state index contributed by atoms with van der Waals surface area (Å²) >= 11 is 0. The standard InChI is InChI=1S/C19H30F3N5O/c1-15(19(20,21)22)26-9-11-27(12-10-26)18(23-2)25-14-16-4-6-17(7-5-16)24-8-13-28-3/h4-7,15,24H,8-14H2,1-3H3,(H,23,25). The number of hydrogen-bond donors (Lipinski definition) is 2. The van der Waals surface area contributed by atoms with Gasteiger partial charge in [-0.05, 0) is 24.6 Å². The van der Waals surface area contributed by atoms with Gasteiger partial charge in [-0.2, -0.15) is 13.2 Å². The largest absolute Gasteiger partial charge is 0.403 e. The van der Waals surface area contributed by atoms with Crippen LogP contribution in [0, 0.1) is 0 Å². The molecule has 158 valence electrons. The fourth-order valence-electron chi connectivity index (χ4n) is 3.08. The third kappa shape index (κ3) is 6.56. The van der Waals surface area contributed by atoms with E-state index in [1.165, 1.54) is 11.8 Å². The number of piperazine rings is 1. The highest BCUT2D eigenvalue weighted by Gasteiger charge is 2.41. The average molecular weight is 401 g/mol. The maximum atomic E-state index is 12.9. The van der Waals surface area contributed by atoms with E-state index in [-0.39, 0.29) is 0 Å². The van der Waals surface area contributed by atoms with Crippen molar-refractivity contribution in [3.8, 4) is 0 Å². The van der Waals surface area contributed by atoms with Crippen molar-refractivity contribution in [1.82, 2.24) is 15.1 Å². The van der Waals surface area contributed by atoms with Crippen LogP contribution in [0.1, 0.15) is 12.5 Å². The summed E-state index contributed by atoms with van der Waals surface area (Å²) in [5.74, 6) is 0.710. The maximum Gasteiger partial charge on any atom is 0.403 e. The first-order valence-corrected chi connectivity index (χ1v) is 9.43. The molecule has 1 aliphatic rings. The second-order valence-corrected chi connectivity index (χ2v) is 6.76. The SMILES string of the molecule is CN=C(NCc1ccc(NCCOC)cc1)N1CCN(C(C)C(F)(F)F)CC1. The summed E-state index contributed by atoms with van der Waals surface area (Å²) in [6, 6.07) is 6.65. The Morgan fingerprint density at radius 2 is 1.82 bits per heavy atom. The second-order valence-electron chi connectivity index (χ2n) is 6.76. The van der Waals surface area contributed by atoms with Gasteiger partial charge in [-0.1, -0.05) is 12.1 Å². The number of anilines is 1. The molecule has 1 aromatic carbocycles. The van der Waals surface area contributed by atoms with Gasteiger partial charge in [-0.25, -0.2) is 0 Å². The highest BCUT2D eigenvalue weighted by Crippen LogP contribution is 2.25. The Labute approximate surface area is 164 Å². The van der Waals surface area contributed by atoms with Gasteiger partial charge in [0.1, 0.15) is 6.04 Å². The molecule has 0 spiro atoms. The zero-order valence-corrected chi connectivity index (χ0v) is 16.7. The Balaban J connectivity index is 1.80. The summed E-state index contributed by atoms with van der Waals surface area (Å²) < 4.78 is 43.6. The molecule has 1 aromatic rings. The van der Waals surface area contributed by atoms with E-state index in [1.807, 2.05) is 29.2 Å². The van der Waals surface area contributed by atoms with Crippen molar-refractivity contribution in [3.63, 3.8) is 0 Å². The summed E-state index contributed by atoms with van der Waals surface area (Å²) in [4.78, 5) is 7.75. The lowest BCUT2D eigenvalue weighted by molar-refractivity contribution is -0.181. The highest BCUT2D eigenvalue weighted by atomic mass is 19.4. The molecule has 1 heterocycles. The molecule has 6 nitrogen and oxygen atoms in total. The molecule has 9 heteroatoms. The fraction of sp³-hybridized carbons (Fsp3) is 0.632. The van der Waals surface area contributed by atoms with Crippen LogP contribution < -0.4 is 10.6 Å². The zero-order chi connectivity index (χ0) is 20.6. The molecule has 2 rings (SSSR count). The predicted octanol–water partition coefficient (Wildman–Crippen LogP) is 2.39. The summed E-state index contributed by atoms with van der Waals surface area (Å²) in [7, 11) is 3.36. The van der Waals surface area contributed by atoms with Crippen molar-refractivity contribution in [2.75, 3.05) is 58.8 Å². The molecule has 0 aliphatic carbocycles. The number of benzene rings is 1. The predicted molar refractivity (Wildman–Crippen MR) is 106 cm³/mol. The summed E-state index contributed by atoms with van der Waals surface area (Å²) in [6.07, 6.45) is -4.19. The Hall–Kier alpha value is -2.00. The van der Waals surface area contributed by atoms with Crippen LogP contribution in [0.3, 0.4) is 0 Å². The normalized spacial score (nSPS) is 17.5. The van der Waals surface area contributed by atoms with E-state index >= 15 is 0 Å². The van der Waals surface area contributed by atoms with Crippen molar-refractivity contribution < 1.29 is 17.9 Å². The number of nitrogens with zero attached hydrogens (tertiary/aromatic N) is 3. The molecule has 0 saturated carbocycles. The molecule has 2 N–H and O–H groups in total. The zero-order valence-electron chi connectivity index (χ0n) is 16.7. The quantitative estimate of drug-likeness (QED) is 0.418.